The third-order valence-corrected chi connectivity index (χ3v) is 5.24. The first kappa shape index (κ1) is 22.1. The first-order chi connectivity index (χ1) is 14.3. The molecule has 1 atom stereocenters. The molecule has 30 heavy (non-hydrogen) atoms. The molecule has 0 amide bonds. The molecule has 0 bridgehead atoms. The van der Waals surface area contributed by atoms with E-state index in [0.717, 1.165) is 17.6 Å². The smallest absolute Gasteiger partial charge is 0.236 e. The van der Waals surface area contributed by atoms with Crippen molar-refractivity contribution in [2.75, 3.05) is 11.9 Å². The number of nitrogens with zero attached hydrogens (tertiary/aromatic N) is 1. The van der Waals surface area contributed by atoms with Gasteiger partial charge in [-0.05, 0) is 54.9 Å². The van der Waals surface area contributed by atoms with Gasteiger partial charge in [-0.15, -0.1) is 0 Å². The zero-order chi connectivity index (χ0) is 21.8. The van der Waals surface area contributed by atoms with Gasteiger partial charge in [0, 0.05) is 11.7 Å². The molecule has 0 spiro atoms. The molecule has 1 unspecified atom stereocenters. The zero-order valence-corrected chi connectivity index (χ0v) is 17.9. The minimum atomic E-state index is -0.477. The molecule has 3 aromatic rings. The van der Waals surface area contributed by atoms with Crippen molar-refractivity contribution in [3.8, 4) is 17.4 Å². The van der Waals surface area contributed by atoms with Crippen LogP contribution < -0.4 is 15.4 Å². The number of benzene rings is 2. The zero-order valence-electron chi connectivity index (χ0n) is 15.5. The van der Waals surface area contributed by atoms with Crippen LogP contribution in [0.5, 0.6) is 17.4 Å². The number of hydrogen-bond acceptors (Lipinski definition) is 7. The Labute approximate surface area is 185 Å². The first-order valence-electron chi connectivity index (χ1n) is 8.63. The van der Waals surface area contributed by atoms with Crippen molar-refractivity contribution in [2.45, 2.75) is 13.0 Å². The van der Waals surface area contributed by atoms with Crippen LogP contribution in [0, 0.1) is 11.2 Å². The fourth-order valence-electron chi connectivity index (χ4n) is 2.43. The lowest BCUT2D eigenvalue weighted by Gasteiger charge is -2.14. The van der Waals surface area contributed by atoms with Crippen LogP contribution in [0.1, 0.15) is 12.5 Å². The average molecular weight is 471 g/mol. The average Bonchev–Trinajstić information content (AvgIpc) is 3.05. The Morgan fingerprint density at radius 3 is 2.53 bits per heavy atom. The maximum atomic E-state index is 13.2. The maximum absolute atomic E-state index is 13.2. The summed E-state index contributed by atoms with van der Waals surface area (Å²) in [6.45, 7) is 1.53. The monoisotopic (exact) mass is 470 g/mol. The predicted molar refractivity (Wildman–Crippen MR) is 117 cm³/mol. The molecule has 158 valence electrons. The molecule has 0 saturated heterocycles. The van der Waals surface area contributed by atoms with Gasteiger partial charge in [-0.25, -0.2) is 4.39 Å². The van der Waals surface area contributed by atoms with Crippen LogP contribution >= 0.6 is 34.7 Å². The maximum Gasteiger partial charge on any atom is 0.236 e. The minimum Gasteiger partial charge on any atom is -0.492 e. The van der Waals surface area contributed by atoms with Crippen LogP contribution in [0.2, 0.25) is 10.0 Å². The molecule has 1 heterocycles. The van der Waals surface area contributed by atoms with Crippen LogP contribution in [0.3, 0.4) is 0 Å². The third kappa shape index (κ3) is 5.11. The second-order valence-corrected chi connectivity index (χ2v) is 7.85. The Morgan fingerprint density at radius 2 is 1.90 bits per heavy atom. The van der Waals surface area contributed by atoms with E-state index < -0.39 is 5.82 Å². The van der Waals surface area contributed by atoms with E-state index in [2.05, 4.69) is 15.0 Å². The summed E-state index contributed by atoms with van der Waals surface area (Å²) >= 11 is 13.2. The minimum absolute atomic E-state index is 0.0812. The Morgan fingerprint density at radius 1 is 1.23 bits per heavy atom. The molecule has 0 aliphatic heterocycles. The van der Waals surface area contributed by atoms with Gasteiger partial charge in [0.25, 0.3) is 0 Å². The van der Waals surface area contributed by atoms with Crippen LogP contribution in [-0.2, 0) is 0 Å². The van der Waals surface area contributed by atoms with Gasteiger partial charge in [-0.1, -0.05) is 23.2 Å². The summed E-state index contributed by atoms with van der Waals surface area (Å²) in [7, 11) is 0. The van der Waals surface area contributed by atoms with Gasteiger partial charge in [0.05, 0.1) is 16.7 Å². The summed E-state index contributed by atoms with van der Waals surface area (Å²) in [6, 6.07) is 8.26. The lowest BCUT2D eigenvalue weighted by Crippen LogP contribution is -2.35. The molecule has 2 aromatic carbocycles. The van der Waals surface area contributed by atoms with E-state index >= 15 is 0 Å². The number of amidine groups is 1. The highest BCUT2D eigenvalue weighted by Gasteiger charge is 2.20. The van der Waals surface area contributed by atoms with Gasteiger partial charge in [0.15, 0.2) is 0 Å². The Bertz CT molecular complexity index is 1080. The number of halogens is 3. The van der Waals surface area contributed by atoms with Crippen LogP contribution in [-0.4, -0.2) is 33.1 Å². The second-order valence-electron chi connectivity index (χ2n) is 6.26. The Kier molecular flexibility index (Phi) is 6.99. The van der Waals surface area contributed by atoms with Crippen LogP contribution in [0.4, 0.5) is 15.1 Å². The fraction of sp³-hybridized carbons (Fsp3) is 0.158. The van der Waals surface area contributed by atoms with Crippen molar-refractivity contribution in [2.24, 2.45) is 0 Å². The fourth-order valence-corrected chi connectivity index (χ4v) is 3.57. The molecular weight excluding hydrogens is 454 g/mol. The van der Waals surface area contributed by atoms with Crippen molar-refractivity contribution < 1.29 is 19.3 Å². The van der Waals surface area contributed by atoms with Gasteiger partial charge >= 0.3 is 0 Å². The van der Waals surface area contributed by atoms with E-state index in [1.54, 1.807) is 25.1 Å². The largest absolute Gasteiger partial charge is 0.492 e. The van der Waals surface area contributed by atoms with Gasteiger partial charge in [-0.3, -0.25) is 5.41 Å². The van der Waals surface area contributed by atoms with Crippen molar-refractivity contribution in [3.05, 3.63) is 57.8 Å². The highest BCUT2D eigenvalue weighted by atomic mass is 35.5. The van der Waals surface area contributed by atoms with Gasteiger partial charge in [0.1, 0.15) is 33.7 Å². The van der Waals surface area contributed by atoms with Crippen molar-refractivity contribution in [1.82, 2.24) is 9.69 Å². The van der Waals surface area contributed by atoms with E-state index in [4.69, 9.17) is 38.5 Å². The molecule has 0 fully saturated rings. The molecule has 1 aromatic heterocycles. The van der Waals surface area contributed by atoms with E-state index in [1.165, 1.54) is 12.1 Å². The summed E-state index contributed by atoms with van der Waals surface area (Å²) in [6.07, 6.45) is 0. The Balaban J connectivity index is 1.79. The second kappa shape index (κ2) is 9.48. The number of rotatable bonds is 7. The number of anilines is 2. The molecule has 5 N–H and O–H groups in total. The van der Waals surface area contributed by atoms with Gasteiger partial charge in [-0.2, -0.15) is 4.37 Å². The molecule has 0 aliphatic carbocycles. The van der Waals surface area contributed by atoms with Gasteiger partial charge < -0.3 is 25.6 Å². The lowest BCUT2D eigenvalue weighted by molar-refractivity contribution is 0.264. The number of aliphatic hydroxyl groups is 1. The van der Waals surface area contributed by atoms with E-state index in [0.29, 0.717) is 16.4 Å². The van der Waals surface area contributed by atoms with E-state index in [1.807, 2.05) is 0 Å². The van der Waals surface area contributed by atoms with Crippen LogP contribution in [0.15, 0.2) is 36.4 Å². The molecular formula is C19H17Cl2FN4O3S. The molecule has 0 saturated carbocycles. The number of hydrogen-bond donors (Lipinski definition) is 5. The number of aromatic nitrogens is 1. The summed E-state index contributed by atoms with van der Waals surface area (Å²) < 4.78 is 22.7. The van der Waals surface area contributed by atoms with Crippen molar-refractivity contribution in [3.63, 3.8) is 0 Å². The highest BCUT2D eigenvalue weighted by molar-refractivity contribution is 7.11. The summed E-state index contributed by atoms with van der Waals surface area (Å²) in [5.41, 5.74) is 0.736. The van der Waals surface area contributed by atoms with Gasteiger partial charge in [0.2, 0.25) is 5.88 Å². The van der Waals surface area contributed by atoms with Crippen molar-refractivity contribution in [1.29, 1.82) is 5.41 Å². The molecule has 3 rings (SSSR count). The highest BCUT2D eigenvalue weighted by Crippen LogP contribution is 2.37. The molecule has 11 heteroatoms. The molecule has 0 radical (unpaired) electrons. The van der Waals surface area contributed by atoms with E-state index in [-0.39, 0.29) is 45.7 Å². The lowest BCUT2D eigenvalue weighted by atomic mass is 10.2. The van der Waals surface area contributed by atoms with Crippen molar-refractivity contribution >= 4 is 51.3 Å². The number of aromatic hydroxyl groups is 1. The third-order valence-electron chi connectivity index (χ3n) is 3.89. The summed E-state index contributed by atoms with van der Waals surface area (Å²) in [5.74, 6) is -0.290. The van der Waals surface area contributed by atoms with E-state index in [9.17, 15) is 9.50 Å². The number of aliphatic hydroxyl groups excluding tert-OH is 1. The summed E-state index contributed by atoms with van der Waals surface area (Å²) in [4.78, 5) is 0. The summed E-state index contributed by atoms with van der Waals surface area (Å²) in [5, 5.41) is 33.9. The standard InChI is InChI=1S/C19H17Cl2FN4O3S/c1-9(8-27)24-17(23)16-18(28)26-30-19(16)25-11-3-5-15(13(21)7-11)29-14-4-2-10(22)6-12(14)20/h2-7,9,25,27H,8H2,1H3,(H2,23,24)(H,26,28). The normalized spacial score (nSPS) is 11.8. The number of ether oxygens (including phenoxy) is 1. The predicted octanol–water partition coefficient (Wildman–Crippen LogP) is 5.13. The van der Waals surface area contributed by atoms with Crippen LogP contribution in [0.25, 0.3) is 0 Å². The molecule has 7 nitrogen and oxygen atoms in total. The number of nitrogens with one attached hydrogen (secondary N) is 3. The SMILES string of the molecule is CC(CO)NC(=N)c1c(O)nsc1Nc1ccc(Oc2ccc(F)cc2Cl)c(Cl)c1. The quantitative estimate of drug-likeness (QED) is 0.242. The topological polar surface area (TPSA) is 110 Å². The first-order valence-corrected chi connectivity index (χ1v) is 10.2. The Hall–Kier alpha value is -2.59. The molecule has 0 aliphatic rings.